The van der Waals surface area contributed by atoms with E-state index in [1.165, 1.54) is 12.4 Å². The van der Waals surface area contributed by atoms with Gasteiger partial charge in [-0.2, -0.15) is 5.10 Å². The summed E-state index contributed by atoms with van der Waals surface area (Å²) in [5, 5.41) is 6.74. The van der Waals surface area contributed by atoms with Crippen molar-refractivity contribution in [3.8, 4) is 0 Å². The van der Waals surface area contributed by atoms with Gasteiger partial charge >= 0.3 is 0 Å². The van der Waals surface area contributed by atoms with E-state index < -0.39 is 0 Å². The second-order valence-electron chi connectivity index (χ2n) is 3.69. The van der Waals surface area contributed by atoms with E-state index in [1.54, 1.807) is 23.9 Å². The molecule has 0 aromatic carbocycles. The van der Waals surface area contributed by atoms with Gasteiger partial charge in [-0.1, -0.05) is 0 Å². The summed E-state index contributed by atoms with van der Waals surface area (Å²) in [4.78, 5) is 15.8. The fourth-order valence-electron chi connectivity index (χ4n) is 1.40. The van der Waals surface area contributed by atoms with Crippen LogP contribution in [-0.4, -0.2) is 20.7 Å². The van der Waals surface area contributed by atoms with Crippen molar-refractivity contribution in [1.82, 2.24) is 14.8 Å². The van der Waals surface area contributed by atoms with Crippen LogP contribution in [0.2, 0.25) is 0 Å². The second kappa shape index (κ2) is 4.25. The number of aromatic nitrogens is 3. The minimum Gasteiger partial charge on any atom is -0.384 e. The van der Waals surface area contributed by atoms with E-state index in [9.17, 15) is 4.79 Å². The molecule has 0 unspecified atom stereocenters. The first kappa shape index (κ1) is 11.1. The van der Waals surface area contributed by atoms with E-state index in [-0.39, 0.29) is 5.91 Å². The molecule has 2 aromatic rings. The zero-order valence-electron chi connectivity index (χ0n) is 9.64. The minimum absolute atomic E-state index is 0.206. The third-order valence-electron chi connectivity index (χ3n) is 2.52. The summed E-state index contributed by atoms with van der Waals surface area (Å²) in [6.45, 7) is 1.84. The number of anilines is 2. The van der Waals surface area contributed by atoms with Crippen molar-refractivity contribution < 1.29 is 4.79 Å². The van der Waals surface area contributed by atoms with Gasteiger partial charge in [-0.3, -0.25) is 9.48 Å². The van der Waals surface area contributed by atoms with Crippen molar-refractivity contribution in [3.05, 3.63) is 35.8 Å². The fraction of sp³-hybridized carbons (Fsp3) is 0.182. The van der Waals surface area contributed by atoms with Gasteiger partial charge in [-0.15, -0.1) is 0 Å². The van der Waals surface area contributed by atoms with Crippen LogP contribution in [0.4, 0.5) is 11.5 Å². The highest BCUT2D eigenvalue weighted by Crippen LogP contribution is 2.11. The summed E-state index contributed by atoms with van der Waals surface area (Å²) in [7, 11) is 1.79. The largest absolute Gasteiger partial charge is 0.384 e. The maximum absolute atomic E-state index is 11.9. The Morgan fingerprint density at radius 1 is 1.41 bits per heavy atom. The Morgan fingerprint density at radius 3 is 2.71 bits per heavy atom. The molecule has 2 aromatic heterocycles. The van der Waals surface area contributed by atoms with Crippen molar-refractivity contribution in [2.75, 3.05) is 11.1 Å². The molecule has 0 aliphatic rings. The molecule has 3 N–H and O–H groups in total. The Bertz CT molecular complexity index is 543. The second-order valence-corrected chi connectivity index (χ2v) is 3.69. The summed E-state index contributed by atoms with van der Waals surface area (Å²) >= 11 is 0. The molecule has 6 nitrogen and oxygen atoms in total. The number of rotatable bonds is 2. The molecular formula is C11H13N5O. The van der Waals surface area contributed by atoms with E-state index >= 15 is 0 Å². The SMILES string of the molecule is Cc1c(C(=O)Nc2ccc(N)nc2)cnn1C. The first-order chi connectivity index (χ1) is 8.08. The van der Waals surface area contributed by atoms with Crippen LogP contribution >= 0.6 is 0 Å². The maximum Gasteiger partial charge on any atom is 0.259 e. The topological polar surface area (TPSA) is 85.8 Å². The highest BCUT2D eigenvalue weighted by Gasteiger charge is 2.12. The first-order valence-electron chi connectivity index (χ1n) is 5.09. The number of hydrogen-bond donors (Lipinski definition) is 2. The molecule has 0 saturated heterocycles. The predicted molar refractivity (Wildman–Crippen MR) is 64.5 cm³/mol. The van der Waals surface area contributed by atoms with Crippen LogP contribution in [0.5, 0.6) is 0 Å². The molecule has 88 valence electrons. The number of aryl methyl sites for hydroxylation is 1. The monoisotopic (exact) mass is 231 g/mol. The molecule has 0 radical (unpaired) electrons. The zero-order valence-corrected chi connectivity index (χ0v) is 9.64. The molecule has 0 fully saturated rings. The average molecular weight is 231 g/mol. The van der Waals surface area contributed by atoms with Crippen LogP contribution in [0, 0.1) is 6.92 Å². The minimum atomic E-state index is -0.206. The smallest absolute Gasteiger partial charge is 0.259 e. The number of hydrogen-bond acceptors (Lipinski definition) is 4. The molecule has 2 heterocycles. The fourth-order valence-corrected chi connectivity index (χ4v) is 1.40. The number of carbonyl (C=O) groups excluding carboxylic acids is 1. The number of nitrogens with one attached hydrogen (secondary N) is 1. The van der Waals surface area contributed by atoms with Crippen LogP contribution in [0.1, 0.15) is 16.1 Å². The van der Waals surface area contributed by atoms with Crippen LogP contribution in [0.25, 0.3) is 0 Å². The quantitative estimate of drug-likeness (QED) is 0.806. The number of nitrogens with two attached hydrogens (primary N) is 1. The van der Waals surface area contributed by atoms with Gasteiger partial charge in [-0.25, -0.2) is 4.98 Å². The zero-order chi connectivity index (χ0) is 12.4. The number of carbonyl (C=O) groups is 1. The third kappa shape index (κ3) is 2.25. The number of nitrogens with zero attached hydrogens (tertiary/aromatic N) is 3. The van der Waals surface area contributed by atoms with E-state index in [0.717, 1.165) is 5.69 Å². The highest BCUT2D eigenvalue weighted by molar-refractivity contribution is 6.04. The molecular weight excluding hydrogens is 218 g/mol. The summed E-state index contributed by atoms with van der Waals surface area (Å²) in [6, 6.07) is 3.33. The molecule has 17 heavy (non-hydrogen) atoms. The Balaban J connectivity index is 2.17. The molecule has 1 amide bonds. The van der Waals surface area contributed by atoms with E-state index in [0.29, 0.717) is 17.1 Å². The van der Waals surface area contributed by atoms with E-state index in [1.807, 2.05) is 6.92 Å². The lowest BCUT2D eigenvalue weighted by Crippen LogP contribution is -2.13. The summed E-state index contributed by atoms with van der Waals surface area (Å²) in [6.07, 6.45) is 3.05. The molecule has 0 spiro atoms. The standard InChI is InChI=1S/C11H13N5O/c1-7-9(6-14-16(7)2)11(17)15-8-3-4-10(12)13-5-8/h3-6H,1-2H3,(H2,12,13)(H,15,17). The van der Waals surface area contributed by atoms with Crippen LogP contribution in [-0.2, 0) is 7.05 Å². The average Bonchev–Trinajstić information content (AvgIpc) is 2.63. The van der Waals surface area contributed by atoms with Gasteiger partial charge in [0, 0.05) is 12.7 Å². The Hall–Kier alpha value is -2.37. The Kier molecular flexibility index (Phi) is 2.78. The molecule has 2 rings (SSSR count). The van der Waals surface area contributed by atoms with Gasteiger partial charge in [0.15, 0.2) is 0 Å². The van der Waals surface area contributed by atoms with Crippen LogP contribution in [0.15, 0.2) is 24.5 Å². The first-order valence-corrected chi connectivity index (χ1v) is 5.09. The lowest BCUT2D eigenvalue weighted by Gasteiger charge is -2.04. The number of amides is 1. The lowest BCUT2D eigenvalue weighted by atomic mass is 10.2. The maximum atomic E-state index is 11.9. The van der Waals surface area contributed by atoms with Gasteiger partial charge in [0.25, 0.3) is 5.91 Å². The van der Waals surface area contributed by atoms with Gasteiger partial charge in [0.2, 0.25) is 0 Å². The summed E-state index contributed by atoms with van der Waals surface area (Å²) < 4.78 is 1.65. The van der Waals surface area contributed by atoms with Crippen molar-refractivity contribution >= 4 is 17.4 Å². The third-order valence-corrected chi connectivity index (χ3v) is 2.52. The number of nitrogen functional groups attached to an aromatic ring is 1. The van der Waals surface area contributed by atoms with Crippen LogP contribution < -0.4 is 11.1 Å². The summed E-state index contributed by atoms with van der Waals surface area (Å²) in [5.41, 5.74) is 7.42. The molecule has 0 bridgehead atoms. The van der Waals surface area contributed by atoms with Gasteiger partial charge < -0.3 is 11.1 Å². The lowest BCUT2D eigenvalue weighted by molar-refractivity contribution is 0.102. The van der Waals surface area contributed by atoms with Gasteiger partial charge in [0.1, 0.15) is 5.82 Å². The molecule has 0 aliphatic heterocycles. The van der Waals surface area contributed by atoms with Crippen LogP contribution in [0.3, 0.4) is 0 Å². The van der Waals surface area contributed by atoms with Crippen molar-refractivity contribution in [1.29, 1.82) is 0 Å². The number of pyridine rings is 1. The molecule has 0 atom stereocenters. The molecule has 0 saturated carbocycles. The summed E-state index contributed by atoms with van der Waals surface area (Å²) in [5.74, 6) is 0.211. The normalized spacial score (nSPS) is 10.2. The van der Waals surface area contributed by atoms with Gasteiger partial charge in [0.05, 0.1) is 23.6 Å². The van der Waals surface area contributed by atoms with E-state index in [4.69, 9.17) is 5.73 Å². The highest BCUT2D eigenvalue weighted by atomic mass is 16.1. The van der Waals surface area contributed by atoms with Gasteiger partial charge in [-0.05, 0) is 19.1 Å². The Labute approximate surface area is 98.5 Å². The Morgan fingerprint density at radius 2 is 2.18 bits per heavy atom. The van der Waals surface area contributed by atoms with E-state index in [2.05, 4.69) is 15.4 Å². The predicted octanol–water partition coefficient (Wildman–Crippen LogP) is 0.958. The molecule has 6 heteroatoms. The van der Waals surface area contributed by atoms with Crippen molar-refractivity contribution in [3.63, 3.8) is 0 Å². The van der Waals surface area contributed by atoms with Crippen molar-refractivity contribution in [2.24, 2.45) is 7.05 Å². The molecule has 0 aliphatic carbocycles. The van der Waals surface area contributed by atoms with Crippen molar-refractivity contribution in [2.45, 2.75) is 6.92 Å².